The van der Waals surface area contributed by atoms with E-state index in [0.29, 0.717) is 23.6 Å². The molecule has 80 valence electrons. The number of nitrogens with two attached hydrogens (primary N) is 1. The van der Waals surface area contributed by atoms with Gasteiger partial charge in [0.1, 0.15) is 5.82 Å². The molecule has 0 aromatic carbocycles. The normalized spacial score (nSPS) is 10.9. The summed E-state index contributed by atoms with van der Waals surface area (Å²) in [5.74, 6) is 1.43. The van der Waals surface area contributed by atoms with Crippen molar-refractivity contribution >= 4 is 17.0 Å². The molecule has 0 unspecified atom stereocenters. The second kappa shape index (κ2) is 3.82. The average Bonchev–Trinajstić information content (AvgIpc) is 2.64. The van der Waals surface area contributed by atoms with Gasteiger partial charge in [-0.15, -0.1) is 0 Å². The number of likely N-dealkylation sites (N-methyl/N-ethyl adjacent to an activating group) is 1. The Labute approximate surface area is 87.1 Å². The molecular formula is C9H13N5O. The molecule has 6 heteroatoms. The van der Waals surface area contributed by atoms with Crippen molar-refractivity contribution in [3.8, 4) is 0 Å². The lowest BCUT2D eigenvalue weighted by Gasteiger charge is -2.16. The summed E-state index contributed by atoms with van der Waals surface area (Å²) in [4.78, 5) is 14.5. The molecule has 0 atom stereocenters. The number of nitrogens with zero attached hydrogens (tertiary/aromatic N) is 4. The Morgan fingerprint density at radius 3 is 3.00 bits per heavy atom. The third-order valence-electron chi connectivity index (χ3n) is 2.12. The van der Waals surface area contributed by atoms with Crippen LogP contribution in [0.25, 0.3) is 11.2 Å². The lowest BCUT2D eigenvalue weighted by Crippen LogP contribution is -2.26. The highest BCUT2D eigenvalue weighted by molar-refractivity contribution is 5.81. The Morgan fingerprint density at radius 2 is 2.27 bits per heavy atom. The summed E-state index contributed by atoms with van der Waals surface area (Å²) in [5, 5.41) is 0. The third kappa shape index (κ3) is 1.75. The molecule has 2 aromatic rings. The zero-order valence-electron chi connectivity index (χ0n) is 8.77. The predicted octanol–water partition coefficient (Wildman–Crippen LogP) is 0.321. The van der Waals surface area contributed by atoms with Gasteiger partial charge in [-0.05, 0) is 6.92 Å². The molecule has 0 spiro atoms. The van der Waals surface area contributed by atoms with Crippen LogP contribution in [0, 0.1) is 6.92 Å². The van der Waals surface area contributed by atoms with Gasteiger partial charge in [-0.25, -0.2) is 9.97 Å². The number of oxazole rings is 1. The van der Waals surface area contributed by atoms with E-state index in [-0.39, 0.29) is 0 Å². The molecular weight excluding hydrogens is 194 g/mol. The summed E-state index contributed by atoms with van der Waals surface area (Å²) in [6.07, 6.45) is 1.37. The smallest absolute Gasteiger partial charge is 0.252 e. The highest BCUT2D eigenvalue weighted by Gasteiger charge is 2.12. The minimum atomic E-state index is 0.515. The number of anilines is 1. The van der Waals surface area contributed by atoms with Crippen molar-refractivity contribution in [2.45, 2.75) is 6.92 Å². The van der Waals surface area contributed by atoms with Crippen LogP contribution in [0.1, 0.15) is 5.82 Å². The molecule has 0 amide bonds. The first-order chi connectivity index (χ1) is 7.22. The SMILES string of the molecule is Cc1nc(N(C)CCN)c2ncoc2n1. The summed E-state index contributed by atoms with van der Waals surface area (Å²) in [6.45, 7) is 3.11. The number of hydrogen-bond acceptors (Lipinski definition) is 6. The minimum Gasteiger partial charge on any atom is -0.425 e. The first kappa shape index (κ1) is 9.85. The predicted molar refractivity (Wildman–Crippen MR) is 56.7 cm³/mol. The van der Waals surface area contributed by atoms with Gasteiger partial charge in [0.2, 0.25) is 0 Å². The summed E-state index contributed by atoms with van der Waals surface area (Å²) < 4.78 is 5.15. The van der Waals surface area contributed by atoms with E-state index >= 15 is 0 Å². The topological polar surface area (TPSA) is 81.1 Å². The standard InChI is InChI=1S/C9H13N5O/c1-6-12-8(14(2)4-3-10)7-9(13-6)15-5-11-7/h5H,3-4,10H2,1-2H3. The third-order valence-corrected chi connectivity index (χ3v) is 2.12. The van der Waals surface area contributed by atoms with Crippen LogP contribution in [0.4, 0.5) is 5.82 Å². The fraction of sp³-hybridized carbons (Fsp3) is 0.444. The van der Waals surface area contributed by atoms with Crippen molar-refractivity contribution in [3.63, 3.8) is 0 Å². The zero-order chi connectivity index (χ0) is 10.8. The van der Waals surface area contributed by atoms with Crippen LogP contribution < -0.4 is 10.6 Å². The largest absolute Gasteiger partial charge is 0.425 e. The molecule has 6 nitrogen and oxygen atoms in total. The van der Waals surface area contributed by atoms with Gasteiger partial charge in [0, 0.05) is 20.1 Å². The van der Waals surface area contributed by atoms with Gasteiger partial charge in [-0.1, -0.05) is 0 Å². The van der Waals surface area contributed by atoms with Crippen LogP contribution in [0.2, 0.25) is 0 Å². The molecule has 2 rings (SSSR count). The maximum absolute atomic E-state index is 5.50. The molecule has 2 N–H and O–H groups in total. The number of fused-ring (bicyclic) bond motifs is 1. The van der Waals surface area contributed by atoms with E-state index in [4.69, 9.17) is 10.2 Å². The molecule has 2 heterocycles. The highest BCUT2D eigenvalue weighted by atomic mass is 16.3. The number of rotatable bonds is 3. The quantitative estimate of drug-likeness (QED) is 0.780. The van der Waals surface area contributed by atoms with Gasteiger partial charge in [0.05, 0.1) is 0 Å². The Balaban J connectivity index is 2.52. The Kier molecular flexibility index (Phi) is 2.51. The van der Waals surface area contributed by atoms with Crippen molar-refractivity contribution in [3.05, 3.63) is 12.2 Å². The van der Waals surface area contributed by atoms with Crippen LogP contribution in [0.15, 0.2) is 10.8 Å². The lowest BCUT2D eigenvalue weighted by atomic mass is 10.4. The molecule has 0 bridgehead atoms. The van der Waals surface area contributed by atoms with Gasteiger partial charge in [-0.3, -0.25) is 0 Å². The number of hydrogen-bond donors (Lipinski definition) is 1. The second-order valence-electron chi connectivity index (χ2n) is 3.31. The van der Waals surface area contributed by atoms with E-state index in [0.717, 1.165) is 12.4 Å². The monoisotopic (exact) mass is 207 g/mol. The van der Waals surface area contributed by atoms with Gasteiger partial charge in [0.15, 0.2) is 17.7 Å². The van der Waals surface area contributed by atoms with Crippen LogP contribution in [0.3, 0.4) is 0 Å². The Hall–Kier alpha value is -1.69. The first-order valence-corrected chi connectivity index (χ1v) is 4.71. The summed E-state index contributed by atoms with van der Waals surface area (Å²) >= 11 is 0. The first-order valence-electron chi connectivity index (χ1n) is 4.71. The lowest BCUT2D eigenvalue weighted by molar-refractivity contribution is 0.588. The zero-order valence-corrected chi connectivity index (χ0v) is 8.77. The van der Waals surface area contributed by atoms with E-state index in [2.05, 4.69) is 15.0 Å². The second-order valence-corrected chi connectivity index (χ2v) is 3.31. The molecule has 0 aliphatic rings. The summed E-state index contributed by atoms with van der Waals surface area (Å²) in [5.41, 5.74) is 6.69. The van der Waals surface area contributed by atoms with Gasteiger partial charge in [-0.2, -0.15) is 4.98 Å². The Morgan fingerprint density at radius 1 is 1.47 bits per heavy atom. The molecule has 0 saturated heterocycles. The van der Waals surface area contributed by atoms with Crippen molar-refractivity contribution in [1.29, 1.82) is 0 Å². The van der Waals surface area contributed by atoms with Gasteiger partial charge >= 0.3 is 0 Å². The molecule has 0 radical (unpaired) electrons. The molecule has 0 aliphatic carbocycles. The summed E-state index contributed by atoms with van der Waals surface area (Å²) in [7, 11) is 1.92. The van der Waals surface area contributed by atoms with E-state index in [1.807, 2.05) is 18.9 Å². The molecule has 0 fully saturated rings. The Bertz CT molecular complexity index is 466. The van der Waals surface area contributed by atoms with Crippen LogP contribution in [0.5, 0.6) is 0 Å². The van der Waals surface area contributed by atoms with E-state index < -0.39 is 0 Å². The summed E-state index contributed by atoms with van der Waals surface area (Å²) in [6, 6.07) is 0. The fourth-order valence-corrected chi connectivity index (χ4v) is 1.42. The molecule has 0 saturated carbocycles. The highest BCUT2D eigenvalue weighted by Crippen LogP contribution is 2.20. The molecule has 0 aliphatic heterocycles. The van der Waals surface area contributed by atoms with Crippen molar-refractivity contribution < 1.29 is 4.42 Å². The fourth-order valence-electron chi connectivity index (χ4n) is 1.42. The van der Waals surface area contributed by atoms with Crippen LogP contribution >= 0.6 is 0 Å². The average molecular weight is 207 g/mol. The van der Waals surface area contributed by atoms with Crippen molar-refractivity contribution in [1.82, 2.24) is 15.0 Å². The molecule has 15 heavy (non-hydrogen) atoms. The van der Waals surface area contributed by atoms with Crippen molar-refractivity contribution in [2.24, 2.45) is 5.73 Å². The van der Waals surface area contributed by atoms with E-state index in [1.54, 1.807) is 0 Å². The van der Waals surface area contributed by atoms with E-state index in [1.165, 1.54) is 6.39 Å². The van der Waals surface area contributed by atoms with Crippen molar-refractivity contribution in [2.75, 3.05) is 25.0 Å². The van der Waals surface area contributed by atoms with Gasteiger partial charge < -0.3 is 15.1 Å². The molecule has 2 aromatic heterocycles. The van der Waals surface area contributed by atoms with Gasteiger partial charge in [0.25, 0.3) is 5.71 Å². The number of aromatic nitrogens is 3. The minimum absolute atomic E-state index is 0.515. The maximum Gasteiger partial charge on any atom is 0.252 e. The van der Waals surface area contributed by atoms with Crippen LogP contribution in [-0.2, 0) is 0 Å². The van der Waals surface area contributed by atoms with Crippen LogP contribution in [-0.4, -0.2) is 35.1 Å². The number of aryl methyl sites for hydroxylation is 1. The van der Waals surface area contributed by atoms with E-state index in [9.17, 15) is 0 Å². The maximum atomic E-state index is 5.50.